The predicted octanol–water partition coefficient (Wildman–Crippen LogP) is 1.17. The third-order valence-electron chi connectivity index (χ3n) is 4.11. The SMILES string of the molecule is CC(C)CC(N)C(=O)OC(C)(C(=O)O)C(N)c1ccc2c(c1)OCO2. The zero-order valence-electron chi connectivity index (χ0n) is 14.5. The molecule has 1 aromatic rings. The number of rotatable bonds is 7. The first kappa shape index (κ1) is 19.0. The molecule has 138 valence electrons. The highest BCUT2D eigenvalue weighted by atomic mass is 16.7. The maximum absolute atomic E-state index is 12.2. The van der Waals surface area contributed by atoms with E-state index in [1.807, 2.05) is 13.8 Å². The van der Waals surface area contributed by atoms with Crippen LogP contribution in [0.15, 0.2) is 18.2 Å². The Balaban J connectivity index is 2.23. The van der Waals surface area contributed by atoms with E-state index in [1.165, 1.54) is 6.92 Å². The summed E-state index contributed by atoms with van der Waals surface area (Å²) < 4.78 is 15.7. The number of carboxylic acids is 1. The molecule has 0 amide bonds. The number of ether oxygens (including phenoxy) is 3. The molecule has 3 atom stereocenters. The van der Waals surface area contributed by atoms with Gasteiger partial charge in [-0.05, 0) is 37.0 Å². The van der Waals surface area contributed by atoms with Crippen LogP contribution >= 0.6 is 0 Å². The van der Waals surface area contributed by atoms with E-state index in [4.69, 9.17) is 25.7 Å². The number of aliphatic carboxylic acids is 1. The number of hydrogen-bond acceptors (Lipinski definition) is 7. The molecule has 1 heterocycles. The minimum absolute atomic E-state index is 0.0866. The summed E-state index contributed by atoms with van der Waals surface area (Å²) in [5.41, 5.74) is 10.4. The van der Waals surface area contributed by atoms with Gasteiger partial charge in [-0.15, -0.1) is 0 Å². The number of carboxylic acid groups (broad SMARTS) is 1. The summed E-state index contributed by atoms with van der Waals surface area (Å²) in [6, 6.07) is 2.79. The maximum Gasteiger partial charge on any atom is 0.349 e. The molecule has 1 aromatic carbocycles. The Bertz CT molecular complexity index is 663. The minimum atomic E-state index is -1.97. The molecule has 0 bridgehead atoms. The third-order valence-corrected chi connectivity index (χ3v) is 4.11. The van der Waals surface area contributed by atoms with E-state index in [9.17, 15) is 14.7 Å². The Hall–Kier alpha value is -2.32. The fourth-order valence-electron chi connectivity index (χ4n) is 2.55. The van der Waals surface area contributed by atoms with Gasteiger partial charge in [-0.3, -0.25) is 4.79 Å². The van der Waals surface area contributed by atoms with Crippen molar-refractivity contribution in [2.75, 3.05) is 6.79 Å². The van der Waals surface area contributed by atoms with Crippen molar-refractivity contribution in [3.8, 4) is 11.5 Å². The van der Waals surface area contributed by atoms with E-state index in [0.29, 0.717) is 23.5 Å². The first-order valence-electron chi connectivity index (χ1n) is 8.02. The lowest BCUT2D eigenvalue weighted by Crippen LogP contribution is -2.51. The van der Waals surface area contributed by atoms with Crippen molar-refractivity contribution in [3.63, 3.8) is 0 Å². The van der Waals surface area contributed by atoms with Crippen LogP contribution in [0.4, 0.5) is 0 Å². The molecular formula is C17H24N2O6. The molecule has 0 spiro atoms. The van der Waals surface area contributed by atoms with Crippen molar-refractivity contribution in [2.24, 2.45) is 17.4 Å². The highest BCUT2D eigenvalue weighted by Gasteiger charge is 2.45. The van der Waals surface area contributed by atoms with Gasteiger partial charge in [-0.2, -0.15) is 0 Å². The molecule has 0 aromatic heterocycles. The van der Waals surface area contributed by atoms with Crippen LogP contribution in [0.2, 0.25) is 0 Å². The fourth-order valence-corrected chi connectivity index (χ4v) is 2.55. The van der Waals surface area contributed by atoms with Crippen LogP contribution in [-0.4, -0.2) is 35.5 Å². The van der Waals surface area contributed by atoms with Crippen LogP contribution in [0.3, 0.4) is 0 Å². The molecule has 0 fully saturated rings. The average Bonchev–Trinajstić information content (AvgIpc) is 3.00. The number of esters is 1. The highest BCUT2D eigenvalue weighted by molar-refractivity contribution is 5.84. The number of carbonyl (C=O) groups is 2. The van der Waals surface area contributed by atoms with Gasteiger partial charge in [-0.1, -0.05) is 19.9 Å². The van der Waals surface area contributed by atoms with E-state index in [2.05, 4.69) is 0 Å². The van der Waals surface area contributed by atoms with E-state index in [0.717, 1.165) is 0 Å². The summed E-state index contributed by atoms with van der Waals surface area (Å²) in [5, 5.41) is 9.62. The molecule has 2 rings (SSSR count). The zero-order chi connectivity index (χ0) is 18.8. The van der Waals surface area contributed by atoms with Crippen molar-refractivity contribution >= 4 is 11.9 Å². The summed E-state index contributed by atoms with van der Waals surface area (Å²) in [7, 11) is 0. The Labute approximate surface area is 146 Å². The van der Waals surface area contributed by atoms with Gasteiger partial charge < -0.3 is 30.8 Å². The molecular weight excluding hydrogens is 328 g/mol. The van der Waals surface area contributed by atoms with Gasteiger partial charge in [0, 0.05) is 0 Å². The lowest BCUT2D eigenvalue weighted by atomic mass is 9.90. The monoisotopic (exact) mass is 352 g/mol. The van der Waals surface area contributed by atoms with E-state index in [1.54, 1.807) is 18.2 Å². The number of hydrogen-bond donors (Lipinski definition) is 3. The lowest BCUT2D eigenvalue weighted by Gasteiger charge is -2.32. The second-order valence-electron chi connectivity index (χ2n) is 6.66. The average molecular weight is 352 g/mol. The first-order chi connectivity index (χ1) is 11.6. The van der Waals surface area contributed by atoms with E-state index >= 15 is 0 Å². The molecule has 8 nitrogen and oxygen atoms in total. The van der Waals surface area contributed by atoms with Crippen LogP contribution in [0.5, 0.6) is 11.5 Å². The number of carbonyl (C=O) groups excluding carboxylic acids is 1. The molecule has 0 aliphatic carbocycles. The Kier molecular flexibility index (Phi) is 5.54. The zero-order valence-corrected chi connectivity index (χ0v) is 14.5. The Morgan fingerprint density at radius 1 is 1.28 bits per heavy atom. The van der Waals surface area contributed by atoms with Crippen molar-refractivity contribution < 1.29 is 28.9 Å². The van der Waals surface area contributed by atoms with Gasteiger partial charge in [0.2, 0.25) is 12.4 Å². The third kappa shape index (κ3) is 4.02. The van der Waals surface area contributed by atoms with Gasteiger partial charge in [0.25, 0.3) is 0 Å². The summed E-state index contributed by atoms with van der Waals surface area (Å²) >= 11 is 0. The molecule has 1 aliphatic heterocycles. The maximum atomic E-state index is 12.2. The van der Waals surface area contributed by atoms with Crippen molar-refractivity contribution in [2.45, 2.75) is 44.9 Å². The van der Waals surface area contributed by atoms with Gasteiger partial charge in [0.15, 0.2) is 11.5 Å². The minimum Gasteiger partial charge on any atom is -0.478 e. The van der Waals surface area contributed by atoms with Gasteiger partial charge in [-0.25, -0.2) is 4.79 Å². The quantitative estimate of drug-likeness (QED) is 0.623. The second-order valence-corrected chi connectivity index (χ2v) is 6.66. The summed E-state index contributed by atoms with van der Waals surface area (Å²) in [6.07, 6.45) is 0.383. The second kappa shape index (κ2) is 7.28. The van der Waals surface area contributed by atoms with E-state index < -0.39 is 29.6 Å². The summed E-state index contributed by atoms with van der Waals surface area (Å²) in [6.45, 7) is 5.15. The fraction of sp³-hybridized carbons (Fsp3) is 0.529. The predicted molar refractivity (Wildman–Crippen MR) is 89.1 cm³/mol. The van der Waals surface area contributed by atoms with E-state index in [-0.39, 0.29) is 12.7 Å². The molecule has 8 heteroatoms. The van der Waals surface area contributed by atoms with Crippen molar-refractivity contribution in [1.82, 2.24) is 0 Å². The van der Waals surface area contributed by atoms with Crippen LogP contribution in [0.1, 0.15) is 38.8 Å². The molecule has 3 unspecified atom stereocenters. The number of fused-ring (bicyclic) bond motifs is 1. The standard InChI is InChI=1S/C17H24N2O6/c1-9(2)6-11(18)15(20)25-17(3,16(21)22)14(19)10-4-5-12-13(7-10)24-8-23-12/h4-5,7,9,11,14H,6,8,18-19H2,1-3H3,(H,21,22). The number of nitrogens with two attached hydrogens (primary N) is 2. The topological polar surface area (TPSA) is 134 Å². The first-order valence-corrected chi connectivity index (χ1v) is 8.02. The summed E-state index contributed by atoms with van der Waals surface area (Å²) in [4.78, 5) is 24.0. The molecule has 0 radical (unpaired) electrons. The summed E-state index contributed by atoms with van der Waals surface area (Å²) in [5.74, 6) is -0.980. The normalized spacial score (nSPS) is 17.7. The van der Waals surface area contributed by atoms with Crippen LogP contribution in [0.25, 0.3) is 0 Å². The Morgan fingerprint density at radius 3 is 2.52 bits per heavy atom. The van der Waals surface area contributed by atoms with Gasteiger partial charge >= 0.3 is 11.9 Å². The lowest BCUT2D eigenvalue weighted by molar-refractivity contribution is -0.180. The van der Waals surface area contributed by atoms with Crippen LogP contribution in [0, 0.1) is 5.92 Å². The molecule has 0 saturated heterocycles. The molecule has 0 saturated carbocycles. The smallest absolute Gasteiger partial charge is 0.349 e. The van der Waals surface area contributed by atoms with Crippen LogP contribution < -0.4 is 20.9 Å². The van der Waals surface area contributed by atoms with Gasteiger partial charge in [0.1, 0.15) is 6.04 Å². The van der Waals surface area contributed by atoms with Crippen molar-refractivity contribution in [1.29, 1.82) is 0 Å². The molecule has 1 aliphatic rings. The largest absolute Gasteiger partial charge is 0.478 e. The van der Waals surface area contributed by atoms with Gasteiger partial charge in [0.05, 0.1) is 6.04 Å². The van der Waals surface area contributed by atoms with Crippen molar-refractivity contribution in [3.05, 3.63) is 23.8 Å². The highest BCUT2D eigenvalue weighted by Crippen LogP contribution is 2.37. The molecule has 25 heavy (non-hydrogen) atoms. The molecule has 5 N–H and O–H groups in total. The Morgan fingerprint density at radius 2 is 1.92 bits per heavy atom. The van der Waals surface area contributed by atoms with Crippen LogP contribution in [-0.2, 0) is 14.3 Å². The number of benzene rings is 1.